The molecule has 0 bridgehead atoms. The van der Waals surface area contributed by atoms with E-state index in [9.17, 15) is 4.79 Å². The molecule has 0 radical (unpaired) electrons. The Kier molecular flexibility index (Phi) is 12.5. The maximum Gasteiger partial charge on any atom is 0.255 e. The number of ether oxygens (including phenoxy) is 2. The number of hydrogen-bond donors (Lipinski definition) is 2. The third-order valence-electron chi connectivity index (χ3n) is 6.09. The molecule has 0 aliphatic carbocycles. The number of hydrogen-bond acceptors (Lipinski definition) is 5. The van der Waals surface area contributed by atoms with E-state index >= 15 is 0 Å². The molecular formula is C33H42N4O3. The van der Waals surface area contributed by atoms with Crippen LogP contribution in [-0.2, 0) is 0 Å². The Balaban J connectivity index is 0.000000858. The van der Waals surface area contributed by atoms with Gasteiger partial charge in [0, 0.05) is 24.2 Å². The lowest BCUT2D eigenvalue weighted by atomic mass is 10.1. The van der Waals surface area contributed by atoms with Crippen LogP contribution in [0.5, 0.6) is 11.5 Å². The molecule has 1 amide bonds. The van der Waals surface area contributed by atoms with E-state index in [1.807, 2.05) is 26.0 Å². The summed E-state index contributed by atoms with van der Waals surface area (Å²) in [5.74, 6) is 1.65. The molecule has 0 aliphatic heterocycles. The fourth-order valence-corrected chi connectivity index (χ4v) is 3.99. The average Bonchev–Trinajstić information content (AvgIpc) is 3.41. The van der Waals surface area contributed by atoms with Crippen molar-refractivity contribution in [1.82, 2.24) is 9.97 Å². The summed E-state index contributed by atoms with van der Waals surface area (Å²) in [7, 11) is 3.12. The van der Waals surface area contributed by atoms with Crippen molar-refractivity contribution in [3.8, 4) is 22.9 Å². The van der Waals surface area contributed by atoms with Gasteiger partial charge >= 0.3 is 0 Å². The molecule has 3 aromatic carbocycles. The van der Waals surface area contributed by atoms with Crippen LogP contribution in [0.15, 0.2) is 79.9 Å². The van der Waals surface area contributed by atoms with E-state index in [-0.39, 0.29) is 5.91 Å². The monoisotopic (exact) mass is 542 g/mol. The summed E-state index contributed by atoms with van der Waals surface area (Å²) in [6.07, 6.45) is 3.28. The number of aromatic nitrogens is 2. The standard InChI is InChI=1S/C27H30N4O3.C4H6.C2H6/c1-6-31(7-2)23-16-21-20(28-26(29-21)18-10-8-17(3)9-11-18)15-22(23)30-27(32)19-12-13-24(33-4)25(14-19)34-5;1-3-4-2;1-2/h8-16H,6-7H2,1-5H3,(H,28,29)(H,30,32);3-4H,1-2H2;1-2H3. The number of fused-ring (bicyclic) bond motifs is 1. The lowest BCUT2D eigenvalue weighted by Gasteiger charge is -2.24. The maximum absolute atomic E-state index is 13.2. The van der Waals surface area contributed by atoms with Gasteiger partial charge in [0.15, 0.2) is 11.5 Å². The van der Waals surface area contributed by atoms with Crippen molar-refractivity contribution in [2.24, 2.45) is 0 Å². The smallest absolute Gasteiger partial charge is 0.255 e. The lowest BCUT2D eigenvalue weighted by Crippen LogP contribution is -2.24. The van der Waals surface area contributed by atoms with Crippen LogP contribution in [0.25, 0.3) is 22.4 Å². The van der Waals surface area contributed by atoms with Crippen LogP contribution in [-0.4, -0.2) is 43.2 Å². The molecule has 40 heavy (non-hydrogen) atoms. The van der Waals surface area contributed by atoms with Gasteiger partial charge in [0.05, 0.1) is 36.6 Å². The van der Waals surface area contributed by atoms with Crippen LogP contribution >= 0.6 is 0 Å². The highest BCUT2D eigenvalue weighted by molar-refractivity contribution is 6.07. The first-order chi connectivity index (χ1) is 19.4. The Hall–Kier alpha value is -4.52. The number of H-pyrrole nitrogens is 1. The SMILES string of the molecule is C=CC=C.CC.CCN(CC)c1cc2nc(-c3ccc(C)cc3)[nH]c2cc1NC(=O)c1ccc(OC)c(OC)c1. The second-order valence-corrected chi connectivity index (χ2v) is 8.51. The number of benzene rings is 3. The summed E-state index contributed by atoms with van der Waals surface area (Å²) in [4.78, 5) is 23.6. The van der Waals surface area contributed by atoms with Gasteiger partial charge in [-0.1, -0.05) is 69.0 Å². The summed E-state index contributed by atoms with van der Waals surface area (Å²) in [5.41, 5.74) is 6.04. The van der Waals surface area contributed by atoms with Crippen LogP contribution in [0.4, 0.5) is 11.4 Å². The molecular weight excluding hydrogens is 500 g/mol. The number of aromatic amines is 1. The fraction of sp³-hybridized carbons (Fsp3) is 0.273. The molecule has 7 nitrogen and oxygen atoms in total. The van der Waals surface area contributed by atoms with Crippen molar-refractivity contribution in [3.63, 3.8) is 0 Å². The van der Waals surface area contributed by atoms with Gasteiger partial charge in [-0.2, -0.15) is 0 Å². The predicted molar refractivity (Wildman–Crippen MR) is 169 cm³/mol. The highest BCUT2D eigenvalue weighted by atomic mass is 16.5. The average molecular weight is 543 g/mol. The molecule has 0 saturated carbocycles. The van der Waals surface area contributed by atoms with Gasteiger partial charge in [-0.25, -0.2) is 4.98 Å². The number of carbonyl (C=O) groups is 1. The van der Waals surface area contributed by atoms with Crippen molar-refractivity contribution in [1.29, 1.82) is 0 Å². The number of methoxy groups -OCH3 is 2. The summed E-state index contributed by atoms with van der Waals surface area (Å²) in [6, 6.07) is 17.3. The van der Waals surface area contributed by atoms with Gasteiger partial charge < -0.3 is 24.7 Å². The number of carbonyl (C=O) groups excluding carboxylic acids is 1. The first-order valence-corrected chi connectivity index (χ1v) is 13.5. The molecule has 0 fully saturated rings. The quantitative estimate of drug-likeness (QED) is 0.209. The second-order valence-electron chi connectivity index (χ2n) is 8.51. The highest BCUT2D eigenvalue weighted by Crippen LogP contribution is 2.33. The van der Waals surface area contributed by atoms with E-state index in [1.54, 1.807) is 44.6 Å². The minimum absolute atomic E-state index is 0.230. The molecule has 1 heterocycles. The Morgan fingerprint density at radius 1 is 0.950 bits per heavy atom. The molecule has 7 heteroatoms. The topological polar surface area (TPSA) is 79.5 Å². The number of amides is 1. The molecule has 0 atom stereocenters. The van der Waals surface area contributed by atoms with Gasteiger partial charge in [0.1, 0.15) is 5.82 Å². The van der Waals surface area contributed by atoms with Gasteiger partial charge in [-0.05, 0) is 51.1 Å². The largest absolute Gasteiger partial charge is 0.493 e. The summed E-state index contributed by atoms with van der Waals surface area (Å²) >= 11 is 0. The maximum atomic E-state index is 13.2. The number of rotatable bonds is 9. The van der Waals surface area contributed by atoms with Crippen LogP contribution < -0.4 is 19.7 Å². The number of allylic oxidation sites excluding steroid dienone is 2. The minimum atomic E-state index is -0.230. The Morgan fingerprint density at radius 3 is 2.12 bits per heavy atom. The van der Waals surface area contributed by atoms with Crippen molar-refractivity contribution < 1.29 is 14.3 Å². The predicted octanol–water partition coefficient (Wildman–Crippen LogP) is 8.04. The summed E-state index contributed by atoms with van der Waals surface area (Å²) < 4.78 is 10.6. The first kappa shape index (κ1) is 31.7. The zero-order valence-corrected chi connectivity index (χ0v) is 24.8. The summed E-state index contributed by atoms with van der Waals surface area (Å²) in [5, 5.41) is 3.09. The third kappa shape index (κ3) is 7.76. The number of imidazole rings is 1. The van der Waals surface area contributed by atoms with E-state index in [0.29, 0.717) is 17.1 Å². The van der Waals surface area contributed by atoms with Gasteiger partial charge in [-0.3, -0.25) is 4.79 Å². The van der Waals surface area contributed by atoms with E-state index < -0.39 is 0 Å². The van der Waals surface area contributed by atoms with Crippen LogP contribution in [0.1, 0.15) is 43.6 Å². The second kappa shape index (κ2) is 15.8. The van der Waals surface area contributed by atoms with Gasteiger partial charge in [-0.15, -0.1) is 0 Å². The third-order valence-corrected chi connectivity index (χ3v) is 6.09. The van der Waals surface area contributed by atoms with Gasteiger partial charge in [0.2, 0.25) is 0 Å². The molecule has 2 N–H and O–H groups in total. The Bertz CT molecular complexity index is 1400. The molecule has 212 valence electrons. The molecule has 0 spiro atoms. The normalized spacial score (nSPS) is 9.88. The first-order valence-electron chi connectivity index (χ1n) is 13.5. The van der Waals surface area contributed by atoms with Crippen molar-refractivity contribution in [3.05, 3.63) is 91.0 Å². The molecule has 1 aromatic heterocycles. The number of nitrogens with zero attached hydrogens (tertiary/aromatic N) is 2. The molecule has 0 unspecified atom stereocenters. The Labute approximate surface area is 238 Å². The van der Waals surface area contributed by atoms with Crippen molar-refractivity contribution >= 4 is 28.3 Å². The highest BCUT2D eigenvalue weighted by Gasteiger charge is 2.17. The molecule has 4 aromatic rings. The van der Waals surface area contributed by atoms with Crippen LogP contribution in [0.2, 0.25) is 0 Å². The number of nitrogens with one attached hydrogen (secondary N) is 2. The number of aryl methyl sites for hydroxylation is 1. The zero-order valence-electron chi connectivity index (χ0n) is 24.8. The van der Waals surface area contributed by atoms with Crippen molar-refractivity contribution in [2.45, 2.75) is 34.6 Å². The molecule has 4 rings (SSSR count). The fourth-order valence-electron chi connectivity index (χ4n) is 3.99. The molecule has 0 saturated heterocycles. The van der Waals surface area contributed by atoms with Crippen LogP contribution in [0, 0.1) is 6.92 Å². The molecule has 0 aliphatic rings. The number of anilines is 2. The van der Waals surface area contributed by atoms with E-state index in [0.717, 1.165) is 46.9 Å². The zero-order chi connectivity index (χ0) is 29.7. The van der Waals surface area contributed by atoms with E-state index in [4.69, 9.17) is 14.5 Å². The van der Waals surface area contributed by atoms with E-state index in [2.05, 4.69) is 73.4 Å². The van der Waals surface area contributed by atoms with Gasteiger partial charge in [0.25, 0.3) is 5.91 Å². The summed E-state index contributed by atoms with van der Waals surface area (Å²) in [6.45, 7) is 18.6. The minimum Gasteiger partial charge on any atom is -0.493 e. The lowest BCUT2D eigenvalue weighted by molar-refractivity contribution is 0.102. The van der Waals surface area contributed by atoms with E-state index in [1.165, 1.54) is 5.56 Å². The van der Waals surface area contributed by atoms with Crippen molar-refractivity contribution in [2.75, 3.05) is 37.5 Å². The van der Waals surface area contributed by atoms with Crippen LogP contribution in [0.3, 0.4) is 0 Å². The Morgan fingerprint density at radius 2 is 1.57 bits per heavy atom.